The van der Waals surface area contributed by atoms with Crippen LogP contribution in [-0.4, -0.2) is 22.1 Å². The number of aliphatic hydroxyl groups excluding tert-OH is 1. The highest BCUT2D eigenvalue weighted by molar-refractivity contribution is 6.21. The Morgan fingerprint density at radius 3 is 2.39 bits per heavy atom. The maximum atomic E-state index is 12.7. The predicted octanol–water partition coefficient (Wildman–Crippen LogP) is 2.93. The number of fused-ring (bicyclic) bond motifs is 1. The fourth-order valence-electron chi connectivity index (χ4n) is 2.90. The molecule has 0 radical (unpaired) electrons. The van der Waals surface area contributed by atoms with Gasteiger partial charge in [0.25, 0.3) is 0 Å². The summed E-state index contributed by atoms with van der Waals surface area (Å²) in [6.07, 6.45) is -1.12. The van der Waals surface area contributed by atoms with E-state index in [1.165, 1.54) is 4.90 Å². The van der Waals surface area contributed by atoms with Crippen molar-refractivity contribution in [1.82, 2.24) is 4.90 Å². The lowest BCUT2D eigenvalue weighted by Crippen LogP contribution is -2.48. The molecule has 3 atom stereocenters. The van der Waals surface area contributed by atoms with Gasteiger partial charge in [-0.25, -0.2) is 0 Å². The van der Waals surface area contributed by atoms with Crippen molar-refractivity contribution < 1.29 is 9.90 Å². The molecular weight excluding hydrogens is 312 g/mol. The Labute approximate surface area is 139 Å². The number of nitrogens with zero attached hydrogens (tertiary/aromatic N) is 2. The molecule has 2 aromatic carbocycles. The van der Waals surface area contributed by atoms with Gasteiger partial charge in [0.05, 0.1) is 12.5 Å². The molecule has 4 nitrogen and oxygen atoms in total. The Hall–Kier alpha value is -2.35. The van der Waals surface area contributed by atoms with E-state index in [2.05, 4.69) is 6.07 Å². The molecule has 1 aliphatic rings. The molecule has 1 aliphatic heterocycles. The zero-order valence-electron chi connectivity index (χ0n) is 12.3. The lowest BCUT2D eigenvalue weighted by molar-refractivity contribution is -0.144. The third-order valence-corrected chi connectivity index (χ3v) is 4.48. The standard InChI is InChI=1S/C18H15ClN2O2/c19-17-14-9-5-4-8-13(14)15(11-20)21(18(17)23)16(22)10-12-6-2-1-3-7-12/h1-9,15,17-18,23H,10H2/t15-,17+,18+/m1/s1. The molecule has 0 fully saturated rings. The molecule has 0 bridgehead atoms. The third kappa shape index (κ3) is 2.81. The van der Waals surface area contributed by atoms with E-state index in [0.717, 1.165) is 5.56 Å². The average molecular weight is 327 g/mol. The molecule has 0 aromatic heterocycles. The lowest BCUT2D eigenvalue weighted by atomic mass is 9.91. The number of alkyl halides is 1. The van der Waals surface area contributed by atoms with Crippen molar-refractivity contribution in [1.29, 1.82) is 5.26 Å². The molecule has 0 saturated carbocycles. The van der Waals surface area contributed by atoms with E-state index in [1.54, 1.807) is 24.3 Å². The molecule has 1 heterocycles. The zero-order chi connectivity index (χ0) is 16.4. The smallest absolute Gasteiger partial charge is 0.230 e. The van der Waals surface area contributed by atoms with E-state index in [0.29, 0.717) is 11.1 Å². The minimum absolute atomic E-state index is 0.113. The number of rotatable bonds is 2. The first-order chi connectivity index (χ1) is 11.1. The Bertz CT molecular complexity index is 757. The maximum Gasteiger partial charge on any atom is 0.230 e. The van der Waals surface area contributed by atoms with Crippen LogP contribution in [-0.2, 0) is 11.2 Å². The minimum atomic E-state index is -1.23. The average Bonchev–Trinajstić information content (AvgIpc) is 2.58. The number of amides is 1. The van der Waals surface area contributed by atoms with Crippen molar-refractivity contribution in [3.63, 3.8) is 0 Å². The molecule has 116 valence electrons. The number of carbonyl (C=O) groups excluding carboxylic acids is 1. The second-order valence-corrected chi connectivity index (χ2v) is 5.91. The van der Waals surface area contributed by atoms with Crippen molar-refractivity contribution in [2.45, 2.75) is 24.1 Å². The first-order valence-corrected chi connectivity index (χ1v) is 7.73. The first-order valence-electron chi connectivity index (χ1n) is 7.29. The van der Waals surface area contributed by atoms with Crippen molar-refractivity contribution in [3.05, 3.63) is 71.3 Å². The zero-order valence-corrected chi connectivity index (χ0v) is 13.0. The highest BCUT2D eigenvalue weighted by atomic mass is 35.5. The topological polar surface area (TPSA) is 64.3 Å². The fraction of sp³-hybridized carbons (Fsp3) is 0.222. The summed E-state index contributed by atoms with van der Waals surface area (Å²) in [5.74, 6) is -0.324. The second-order valence-electron chi connectivity index (χ2n) is 5.44. The van der Waals surface area contributed by atoms with Crippen LogP contribution in [0.4, 0.5) is 0 Å². The van der Waals surface area contributed by atoms with Crippen molar-refractivity contribution in [2.24, 2.45) is 0 Å². The number of carbonyl (C=O) groups is 1. The number of halogens is 1. The molecular formula is C18H15ClN2O2. The van der Waals surface area contributed by atoms with Gasteiger partial charge in [0.15, 0.2) is 6.23 Å². The summed E-state index contributed by atoms with van der Waals surface area (Å²) in [4.78, 5) is 13.8. The molecule has 5 heteroatoms. The molecule has 23 heavy (non-hydrogen) atoms. The van der Waals surface area contributed by atoms with Gasteiger partial charge in [-0.1, -0.05) is 54.6 Å². The second kappa shape index (κ2) is 6.41. The molecule has 2 aromatic rings. The molecule has 3 rings (SSSR count). The van der Waals surface area contributed by atoms with Crippen LogP contribution in [0.3, 0.4) is 0 Å². The molecule has 0 unspecified atom stereocenters. The van der Waals surface area contributed by atoms with E-state index in [4.69, 9.17) is 11.6 Å². The fourth-order valence-corrected chi connectivity index (χ4v) is 3.22. The van der Waals surface area contributed by atoms with Gasteiger partial charge in [-0.2, -0.15) is 5.26 Å². The summed E-state index contributed by atoms with van der Waals surface area (Å²) in [6, 6.07) is 17.6. The van der Waals surface area contributed by atoms with Gasteiger partial charge in [0, 0.05) is 0 Å². The van der Waals surface area contributed by atoms with Gasteiger partial charge < -0.3 is 5.11 Å². The van der Waals surface area contributed by atoms with E-state index >= 15 is 0 Å². The van der Waals surface area contributed by atoms with Gasteiger partial charge in [0.2, 0.25) is 5.91 Å². The van der Waals surface area contributed by atoms with Gasteiger partial charge in [-0.15, -0.1) is 11.6 Å². The highest BCUT2D eigenvalue weighted by Crippen LogP contribution is 2.41. The number of aliphatic hydroxyl groups is 1. The van der Waals surface area contributed by atoms with E-state index in [9.17, 15) is 15.2 Å². The SMILES string of the molecule is N#C[C@@H]1c2ccccc2[C@H](Cl)[C@H](O)N1C(=O)Cc1ccccc1. The molecule has 0 aliphatic carbocycles. The van der Waals surface area contributed by atoms with Crippen LogP contribution < -0.4 is 0 Å². The quantitative estimate of drug-likeness (QED) is 0.863. The van der Waals surface area contributed by atoms with Crippen molar-refractivity contribution in [3.8, 4) is 6.07 Å². The number of hydrogen-bond acceptors (Lipinski definition) is 3. The highest BCUT2D eigenvalue weighted by Gasteiger charge is 2.41. The maximum absolute atomic E-state index is 12.7. The summed E-state index contributed by atoms with van der Waals surface area (Å²) in [5.41, 5.74) is 2.19. The summed E-state index contributed by atoms with van der Waals surface area (Å²) in [7, 11) is 0. The van der Waals surface area contributed by atoms with Crippen LogP contribution in [0.15, 0.2) is 54.6 Å². The Kier molecular flexibility index (Phi) is 4.33. The van der Waals surface area contributed by atoms with Gasteiger partial charge in [-0.05, 0) is 16.7 Å². The number of hydrogen-bond donors (Lipinski definition) is 1. The van der Waals surface area contributed by atoms with Crippen LogP contribution >= 0.6 is 11.6 Å². The summed E-state index contributed by atoms with van der Waals surface area (Å²) in [6.45, 7) is 0. The summed E-state index contributed by atoms with van der Waals surface area (Å²) in [5, 5.41) is 19.2. The Morgan fingerprint density at radius 1 is 1.13 bits per heavy atom. The van der Waals surface area contributed by atoms with Crippen molar-refractivity contribution >= 4 is 17.5 Å². The normalized spacial score (nSPS) is 23.0. The molecule has 0 spiro atoms. The number of nitriles is 1. The number of benzene rings is 2. The minimum Gasteiger partial charge on any atom is -0.372 e. The van der Waals surface area contributed by atoms with Gasteiger partial charge in [0.1, 0.15) is 11.4 Å². The predicted molar refractivity (Wildman–Crippen MR) is 86.4 cm³/mol. The third-order valence-electron chi connectivity index (χ3n) is 4.02. The van der Waals surface area contributed by atoms with Gasteiger partial charge in [-0.3, -0.25) is 9.69 Å². The van der Waals surface area contributed by atoms with Crippen LogP contribution in [0.5, 0.6) is 0 Å². The lowest BCUT2D eigenvalue weighted by Gasteiger charge is -2.40. The molecule has 0 saturated heterocycles. The van der Waals surface area contributed by atoms with Crippen LogP contribution in [0.25, 0.3) is 0 Å². The van der Waals surface area contributed by atoms with E-state index < -0.39 is 17.6 Å². The monoisotopic (exact) mass is 326 g/mol. The van der Waals surface area contributed by atoms with E-state index in [-0.39, 0.29) is 12.3 Å². The van der Waals surface area contributed by atoms with Crippen molar-refractivity contribution in [2.75, 3.05) is 0 Å². The molecule has 1 amide bonds. The van der Waals surface area contributed by atoms with Gasteiger partial charge >= 0.3 is 0 Å². The van der Waals surface area contributed by atoms with Crippen LogP contribution in [0, 0.1) is 11.3 Å². The van der Waals surface area contributed by atoms with Crippen LogP contribution in [0.2, 0.25) is 0 Å². The van der Waals surface area contributed by atoms with E-state index in [1.807, 2.05) is 30.3 Å². The Morgan fingerprint density at radius 2 is 1.74 bits per heavy atom. The molecule has 1 N–H and O–H groups in total. The summed E-state index contributed by atoms with van der Waals surface area (Å²) < 4.78 is 0. The first kappa shape index (κ1) is 15.5. The summed E-state index contributed by atoms with van der Waals surface area (Å²) >= 11 is 6.31. The largest absolute Gasteiger partial charge is 0.372 e. The van der Waals surface area contributed by atoms with Crippen LogP contribution in [0.1, 0.15) is 28.1 Å². The Balaban J connectivity index is 1.95.